The van der Waals surface area contributed by atoms with Gasteiger partial charge in [-0.1, -0.05) is 0 Å². The molecule has 1 amide bonds. The highest BCUT2D eigenvalue weighted by atomic mass is 32.2. The van der Waals surface area contributed by atoms with Gasteiger partial charge in [-0.15, -0.1) is 0 Å². The number of nitrogens with zero attached hydrogens (tertiary/aromatic N) is 5. The lowest BCUT2D eigenvalue weighted by Gasteiger charge is -2.22. The Bertz CT molecular complexity index is 896. The summed E-state index contributed by atoms with van der Waals surface area (Å²) in [6, 6.07) is 3.33. The Balaban J connectivity index is 1.75. The highest BCUT2D eigenvalue weighted by molar-refractivity contribution is 7.89. The largest absolute Gasteiger partial charge is 0.480 e. The zero-order chi connectivity index (χ0) is 18.7. The maximum atomic E-state index is 12.8. The molecule has 3 heterocycles. The number of methoxy groups -OCH3 is 1. The third kappa shape index (κ3) is 3.56. The van der Waals surface area contributed by atoms with Gasteiger partial charge in [-0.3, -0.25) is 9.48 Å². The normalized spacial score (nSPS) is 16.3. The van der Waals surface area contributed by atoms with Crippen LogP contribution < -0.4 is 4.74 Å². The van der Waals surface area contributed by atoms with Gasteiger partial charge in [-0.05, 0) is 18.6 Å². The first-order chi connectivity index (χ1) is 12.4. The molecule has 0 aliphatic carbocycles. The molecule has 2 aromatic rings. The quantitative estimate of drug-likeness (QED) is 0.761. The van der Waals surface area contributed by atoms with Gasteiger partial charge in [0.1, 0.15) is 10.5 Å². The molecule has 3 rings (SSSR count). The summed E-state index contributed by atoms with van der Waals surface area (Å²) in [6.07, 6.45) is 4.92. The third-order valence-corrected chi connectivity index (χ3v) is 6.11. The molecule has 0 bridgehead atoms. The summed E-state index contributed by atoms with van der Waals surface area (Å²) in [5, 5.41) is 3.93. The average molecular weight is 379 g/mol. The SMILES string of the molecule is COc1ncccc1C(=O)N1CCCN(S(=O)(=O)c2cnn(C)c2)CC1. The fourth-order valence-corrected chi connectivity index (χ4v) is 4.36. The summed E-state index contributed by atoms with van der Waals surface area (Å²) >= 11 is 0. The molecule has 10 heteroatoms. The van der Waals surface area contributed by atoms with E-state index in [9.17, 15) is 13.2 Å². The Hall–Kier alpha value is -2.46. The first-order valence-electron chi connectivity index (χ1n) is 8.20. The molecular weight excluding hydrogens is 358 g/mol. The predicted molar refractivity (Wildman–Crippen MR) is 93.3 cm³/mol. The lowest BCUT2D eigenvalue weighted by molar-refractivity contribution is 0.0760. The molecule has 1 saturated heterocycles. The van der Waals surface area contributed by atoms with Crippen molar-refractivity contribution in [2.24, 2.45) is 7.05 Å². The van der Waals surface area contributed by atoms with Crippen LogP contribution in [0, 0.1) is 0 Å². The van der Waals surface area contributed by atoms with Crippen molar-refractivity contribution in [3.63, 3.8) is 0 Å². The zero-order valence-corrected chi connectivity index (χ0v) is 15.5. The maximum absolute atomic E-state index is 12.8. The van der Waals surface area contributed by atoms with E-state index in [1.165, 1.54) is 28.5 Å². The minimum absolute atomic E-state index is 0.161. The Morgan fingerprint density at radius 3 is 2.73 bits per heavy atom. The number of aryl methyl sites for hydroxylation is 1. The topological polar surface area (TPSA) is 97.6 Å². The first-order valence-corrected chi connectivity index (χ1v) is 9.64. The number of sulfonamides is 1. The number of rotatable bonds is 4. The molecule has 0 radical (unpaired) electrons. The van der Waals surface area contributed by atoms with E-state index in [0.717, 1.165) is 0 Å². The van der Waals surface area contributed by atoms with Crippen molar-refractivity contribution in [3.05, 3.63) is 36.3 Å². The minimum atomic E-state index is -3.62. The Kier molecular flexibility index (Phi) is 5.23. The van der Waals surface area contributed by atoms with E-state index in [4.69, 9.17) is 4.74 Å². The molecule has 2 aromatic heterocycles. The highest BCUT2D eigenvalue weighted by Crippen LogP contribution is 2.20. The lowest BCUT2D eigenvalue weighted by atomic mass is 10.2. The van der Waals surface area contributed by atoms with E-state index in [2.05, 4.69) is 10.1 Å². The van der Waals surface area contributed by atoms with Crippen molar-refractivity contribution in [2.45, 2.75) is 11.3 Å². The van der Waals surface area contributed by atoms with E-state index < -0.39 is 10.0 Å². The van der Waals surface area contributed by atoms with E-state index >= 15 is 0 Å². The predicted octanol–water partition coefficient (Wildman–Crippen LogP) is 0.361. The molecule has 0 spiro atoms. The van der Waals surface area contributed by atoms with Crippen LogP contribution in [-0.4, -0.2) is 71.6 Å². The maximum Gasteiger partial charge on any atom is 0.259 e. The molecular formula is C16H21N5O4S. The second kappa shape index (κ2) is 7.42. The van der Waals surface area contributed by atoms with Crippen LogP contribution in [0.4, 0.5) is 0 Å². The second-order valence-corrected chi connectivity index (χ2v) is 7.90. The average Bonchev–Trinajstić information content (AvgIpc) is 2.93. The molecule has 9 nitrogen and oxygen atoms in total. The Morgan fingerprint density at radius 1 is 1.23 bits per heavy atom. The monoisotopic (exact) mass is 379 g/mol. The van der Waals surface area contributed by atoms with E-state index in [0.29, 0.717) is 31.6 Å². The minimum Gasteiger partial charge on any atom is -0.480 e. The number of hydrogen-bond donors (Lipinski definition) is 0. The molecule has 1 aliphatic heterocycles. The van der Waals surface area contributed by atoms with Gasteiger partial charge in [0.15, 0.2) is 0 Å². The molecule has 0 saturated carbocycles. The van der Waals surface area contributed by atoms with Crippen molar-refractivity contribution < 1.29 is 17.9 Å². The van der Waals surface area contributed by atoms with Gasteiger partial charge in [0.25, 0.3) is 5.91 Å². The highest BCUT2D eigenvalue weighted by Gasteiger charge is 2.30. The summed E-state index contributed by atoms with van der Waals surface area (Å²) in [5.74, 6) is 0.0529. The van der Waals surface area contributed by atoms with E-state index in [-0.39, 0.29) is 23.2 Å². The van der Waals surface area contributed by atoms with Crippen molar-refractivity contribution in [1.82, 2.24) is 24.0 Å². The lowest BCUT2D eigenvalue weighted by Crippen LogP contribution is -2.37. The number of ether oxygens (including phenoxy) is 1. The van der Waals surface area contributed by atoms with Gasteiger partial charge in [-0.2, -0.15) is 9.40 Å². The summed E-state index contributed by atoms with van der Waals surface area (Å²) in [6.45, 7) is 1.35. The van der Waals surface area contributed by atoms with Crippen LogP contribution in [0.15, 0.2) is 35.6 Å². The van der Waals surface area contributed by atoms with Crippen LogP contribution in [0.2, 0.25) is 0 Å². The standard InChI is InChI=1S/C16H21N5O4S/c1-19-12-13(11-18-19)26(23,24)21-8-4-7-20(9-10-21)16(22)14-5-3-6-17-15(14)25-2/h3,5-6,11-12H,4,7-10H2,1-2H3. The summed E-state index contributed by atoms with van der Waals surface area (Å²) in [4.78, 5) is 18.6. The molecule has 0 aromatic carbocycles. The number of hydrogen-bond acceptors (Lipinski definition) is 6. The van der Waals surface area contributed by atoms with Gasteiger partial charge in [-0.25, -0.2) is 13.4 Å². The van der Waals surface area contributed by atoms with Crippen molar-refractivity contribution in [1.29, 1.82) is 0 Å². The van der Waals surface area contributed by atoms with Crippen LogP contribution in [0.3, 0.4) is 0 Å². The molecule has 1 aliphatic rings. The number of carbonyl (C=O) groups excluding carboxylic acids is 1. The number of pyridine rings is 1. The molecule has 0 unspecified atom stereocenters. The molecule has 1 fully saturated rings. The second-order valence-electron chi connectivity index (χ2n) is 5.96. The van der Waals surface area contributed by atoms with Gasteiger partial charge >= 0.3 is 0 Å². The van der Waals surface area contributed by atoms with Crippen molar-refractivity contribution in [3.8, 4) is 5.88 Å². The smallest absolute Gasteiger partial charge is 0.259 e. The van der Waals surface area contributed by atoms with Gasteiger partial charge in [0, 0.05) is 45.6 Å². The number of aromatic nitrogens is 3. The van der Waals surface area contributed by atoms with Crippen LogP contribution in [0.5, 0.6) is 5.88 Å². The van der Waals surface area contributed by atoms with Gasteiger partial charge < -0.3 is 9.64 Å². The number of carbonyl (C=O) groups is 1. The molecule has 26 heavy (non-hydrogen) atoms. The van der Waals surface area contributed by atoms with E-state index in [1.807, 2.05) is 0 Å². The number of amides is 1. The van der Waals surface area contributed by atoms with Crippen LogP contribution in [0.25, 0.3) is 0 Å². The zero-order valence-electron chi connectivity index (χ0n) is 14.7. The van der Waals surface area contributed by atoms with Crippen molar-refractivity contribution >= 4 is 15.9 Å². The summed E-state index contributed by atoms with van der Waals surface area (Å²) in [7, 11) is -0.484. The molecule has 0 atom stereocenters. The first kappa shape index (κ1) is 18.3. The third-order valence-electron chi connectivity index (χ3n) is 4.26. The molecule has 140 valence electrons. The molecule has 0 N–H and O–H groups in total. The van der Waals surface area contributed by atoms with Crippen LogP contribution in [-0.2, 0) is 17.1 Å². The summed E-state index contributed by atoms with van der Waals surface area (Å²) < 4.78 is 33.5. The summed E-state index contributed by atoms with van der Waals surface area (Å²) in [5.41, 5.74) is 0.374. The van der Waals surface area contributed by atoms with E-state index in [1.54, 1.807) is 30.3 Å². The Labute approximate surface area is 152 Å². The fourth-order valence-electron chi connectivity index (χ4n) is 2.90. The fraction of sp³-hybridized carbons (Fsp3) is 0.438. The van der Waals surface area contributed by atoms with Gasteiger partial charge in [0.2, 0.25) is 15.9 Å². The van der Waals surface area contributed by atoms with Crippen molar-refractivity contribution in [2.75, 3.05) is 33.3 Å². The van der Waals surface area contributed by atoms with Gasteiger partial charge in [0.05, 0.1) is 13.3 Å². The van der Waals surface area contributed by atoms with Crippen LogP contribution >= 0.6 is 0 Å². The van der Waals surface area contributed by atoms with Crippen LogP contribution in [0.1, 0.15) is 16.8 Å². The Morgan fingerprint density at radius 2 is 2.04 bits per heavy atom.